The van der Waals surface area contributed by atoms with Crippen molar-refractivity contribution in [3.05, 3.63) is 0 Å². The molecule has 5 heteroatoms. The molecule has 11 heavy (non-hydrogen) atoms. The first-order valence-electron chi connectivity index (χ1n) is 3.02. The molecule has 5 nitrogen and oxygen atoms in total. The molecule has 0 saturated carbocycles. The highest BCUT2D eigenvalue weighted by atomic mass is 16.5. The van der Waals surface area contributed by atoms with Gasteiger partial charge in [-0.3, -0.25) is 4.79 Å². The third-order valence-corrected chi connectivity index (χ3v) is 0.886. The Balaban J connectivity index is 3.94. The van der Waals surface area contributed by atoms with E-state index in [2.05, 4.69) is 4.74 Å². The monoisotopic (exact) mass is 156 g/mol. The van der Waals surface area contributed by atoms with Gasteiger partial charge in [0.05, 0.1) is 12.7 Å². The second-order valence-corrected chi connectivity index (χ2v) is 1.60. The minimum absolute atomic E-state index is 0.192. The Labute approximate surface area is 63.9 Å². The van der Waals surface area contributed by atoms with E-state index < -0.39 is 12.0 Å². The van der Waals surface area contributed by atoms with Crippen molar-refractivity contribution < 1.29 is 14.3 Å². The van der Waals surface area contributed by atoms with Gasteiger partial charge in [0, 0.05) is 0 Å². The fourth-order valence-corrected chi connectivity index (χ4v) is 0.452. The molecule has 1 atom stereocenters. The highest BCUT2D eigenvalue weighted by Crippen LogP contribution is 1.85. The van der Waals surface area contributed by atoms with Crippen molar-refractivity contribution in [2.45, 2.75) is 13.0 Å². The lowest BCUT2D eigenvalue weighted by atomic mass is 10.3. The second-order valence-electron chi connectivity index (χ2n) is 1.60. The number of carbonyl (C=O) groups excluding carboxylic acids is 2. The Morgan fingerprint density at radius 1 is 1.91 bits per heavy atom. The fraction of sp³-hybridized carbons (Fsp3) is 0.500. The van der Waals surface area contributed by atoms with E-state index in [1.54, 1.807) is 13.0 Å². The standard InChI is InChI=1S/C6H8N2O3/c1-2-11-6(10)5(3-7)8-4-9/h4-5H,2H2,1H3,(H,8,9)/t5-/m1/s1. The molecule has 0 aromatic carbocycles. The van der Waals surface area contributed by atoms with E-state index in [9.17, 15) is 9.59 Å². The van der Waals surface area contributed by atoms with Crippen LogP contribution in [0.4, 0.5) is 0 Å². The average molecular weight is 156 g/mol. The number of nitrogens with one attached hydrogen (secondary N) is 1. The number of hydrogen-bond donors (Lipinski definition) is 1. The van der Waals surface area contributed by atoms with Gasteiger partial charge >= 0.3 is 5.97 Å². The highest BCUT2D eigenvalue weighted by molar-refractivity contribution is 5.81. The molecule has 0 fully saturated rings. The summed E-state index contributed by atoms with van der Waals surface area (Å²) in [6.07, 6.45) is 0.283. The van der Waals surface area contributed by atoms with Gasteiger partial charge in [-0.25, -0.2) is 4.79 Å². The lowest BCUT2D eigenvalue weighted by Gasteiger charge is -2.05. The second kappa shape index (κ2) is 5.23. The van der Waals surface area contributed by atoms with Crippen LogP contribution in [-0.2, 0) is 14.3 Å². The molecule has 0 saturated heterocycles. The number of esters is 1. The van der Waals surface area contributed by atoms with Crippen LogP contribution in [0.1, 0.15) is 6.92 Å². The van der Waals surface area contributed by atoms with E-state index in [0.29, 0.717) is 0 Å². The van der Waals surface area contributed by atoms with Gasteiger partial charge in [-0.2, -0.15) is 5.26 Å². The third-order valence-electron chi connectivity index (χ3n) is 0.886. The summed E-state index contributed by atoms with van der Waals surface area (Å²) in [7, 11) is 0. The molecule has 0 heterocycles. The van der Waals surface area contributed by atoms with Crippen LogP contribution in [0.25, 0.3) is 0 Å². The first kappa shape index (κ1) is 9.43. The Bertz CT molecular complexity index is 185. The van der Waals surface area contributed by atoms with Crippen LogP contribution in [0, 0.1) is 11.3 Å². The Morgan fingerprint density at radius 2 is 2.55 bits per heavy atom. The molecule has 0 aromatic rings. The Hall–Kier alpha value is -1.57. The van der Waals surface area contributed by atoms with Gasteiger partial charge in [-0.15, -0.1) is 0 Å². The van der Waals surface area contributed by atoms with E-state index in [4.69, 9.17) is 5.26 Å². The Morgan fingerprint density at radius 3 is 2.91 bits per heavy atom. The molecular formula is C6H8N2O3. The van der Waals surface area contributed by atoms with Gasteiger partial charge in [0.25, 0.3) is 0 Å². The van der Waals surface area contributed by atoms with E-state index >= 15 is 0 Å². The van der Waals surface area contributed by atoms with Crippen molar-refractivity contribution in [3.63, 3.8) is 0 Å². The SMILES string of the molecule is CCOC(=O)[C@@H](C#N)NC=O. The number of carbonyl (C=O) groups is 2. The first-order chi connectivity index (χ1) is 5.26. The molecule has 0 radical (unpaired) electrons. The van der Waals surface area contributed by atoms with Crippen LogP contribution >= 0.6 is 0 Å². The molecule has 0 aromatic heterocycles. The number of nitriles is 1. The topological polar surface area (TPSA) is 79.2 Å². The summed E-state index contributed by atoms with van der Waals surface area (Å²) >= 11 is 0. The minimum Gasteiger partial charge on any atom is -0.464 e. The summed E-state index contributed by atoms with van der Waals surface area (Å²) in [5.41, 5.74) is 0. The maximum Gasteiger partial charge on any atom is 0.343 e. The van der Waals surface area contributed by atoms with Crippen molar-refractivity contribution in [2.24, 2.45) is 0 Å². The number of hydrogen-bond acceptors (Lipinski definition) is 4. The van der Waals surface area contributed by atoms with Gasteiger partial charge in [0.1, 0.15) is 0 Å². The summed E-state index contributed by atoms with van der Waals surface area (Å²) in [4.78, 5) is 20.5. The largest absolute Gasteiger partial charge is 0.464 e. The lowest BCUT2D eigenvalue weighted by molar-refractivity contribution is -0.144. The van der Waals surface area contributed by atoms with Gasteiger partial charge in [-0.1, -0.05) is 0 Å². The maximum atomic E-state index is 10.7. The molecule has 0 aliphatic rings. The summed E-state index contributed by atoms with van der Waals surface area (Å²) in [6, 6.07) is 0.383. The number of amides is 1. The Kier molecular flexibility index (Phi) is 4.49. The van der Waals surface area contributed by atoms with E-state index in [1.165, 1.54) is 0 Å². The van der Waals surface area contributed by atoms with E-state index in [1.807, 2.05) is 5.32 Å². The predicted octanol–water partition coefficient (Wildman–Crippen LogP) is -0.812. The van der Waals surface area contributed by atoms with Crippen LogP contribution in [-0.4, -0.2) is 25.0 Å². The summed E-state index contributed by atoms with van der Waals surface area (Å²) in [5.74, 6) is -0.734. The molecule has 0 bridgehead atoms. The van der Waals surface area contributed by atoms with Crippen LogP contribution in [0.5, 0.6) is 0 Å². The molecule has 0 aliphatic heterocycles. The smallest absolute Gasteiger partial charge is 0.343 e. The molecule has 1 amide bonds. The predicted molar refractivity (Wildman–Crippen MR) is 35.2 cm³/mol. The summed E-state index contributed by atoms with van der Waals surface area (Å²) in [6.45, 7) is 1.81. The molecule has 1 N–H and O–H groups in total. The number of nitrogens with zero attached hydrogens (tertiary/aromatic N) is 1. The van der Waals surface area contributed by atoms with Gasteiger partial charge in [0.15, 0.2) is 0 Å². The minimum atomic E-state index is -1.19. The van der Waals surface area contributed by atoms with E-state index in [0.717, 1.165) is 0 Å². The van der Waals surface area contributed by atoms with Gasteiger partial charge < -0.3 is 10.1 Å². The van der Waals surface area contributed by atoms with Crippen molar-refractivity contribution in [3.8, 4) is 6.07 Å². The quantitative estimate of drug-likeness (QED) is 0.426. The average Bonchev–Trinajstić information content (AvgIpc) is 2.00. The first-order valence-corrected chi connectivity index (χ1v) is 3.02. The molecule has 0 spiro atoms. The van der Waals surface area contributed by atoms with Crippen molar-refractivity contribution >= 4 is 12.4 Å². The molecule has 0 rings (SSSR count). The van der Waals surface area contributed by atoms with Gasteiger partial charge in [0.2, 0.25) is 12.5 Å². The molecule has 0 unspecified atom stereocenters. The van der Waals surface area contributed by atoms with Crippen molar-refractivity contribution in [1.29, 1.82) is 5.26 Å². The number of ether oxygens (including phenoxy) is 1. The van der Waals surface area contributed by atoms with Crippen LogP contribution in [0.15, 0.2) is 0 Å². The van der Waals surface area contributed by atoms with Crippen LogP contribution in [0.2, 0.25) is 0 Å². The van der Waals surface area contributed by atoms with Crippen LogP contribution < -0.4 is 5.32 Å². The molecular weight excluding hydrogens is 148 g/mol. The summed E-state index contributed by atoms with van der Waals surface area (Å²) in [5, 5.41) is 10.3. The highest BCUT2D eigenvalue weighted by Gasteiger charge is 2.16. The van der Waals surface area contributed by atoms with Gasteiger partial charge in [-0.05, 0) is 6.92 Å². The normalized spacial score (nSPS) is 10.9. The maximum absolute atomic E-state index is 10.7. The van der Waals surface area contributed by atoms with E-state index in [-0.39, 0.29) is 13.0 Å². The lowest BCUT2D eigenvalue weighted by Crippen LogP contribution is -2.35. The fourth-order valence-electron chi connectivity index (χ4n) is 0.452. The van der Waals surface area contributed by atoms with Crippen molar-refractivity contribution in [1.82, 2.24) is 5.32 Å². The van der Waals surface area contributed by atoms with Crippen LogP contribution in [0.3, 0.4) is 0 Å². The summed E-state index contributed by atoms with van der Waals surface area (Å²) < 4.78 is 4.46. The molecule has 60 valence electrons. The zero-order valence-corrected chi connectivity index (χ0v) is 6.03. The molecule has 0 aliphatic carbocycles. The third kappa shape index (κ3) is 3.20. The zero-order chi connectivity index (χ0) is 8.69. The zero-order valence-electron chi connectivity index (χ0n) is 6.03. The van der Waals surface area contributed by atoms with Crippen molar-refractivity contribution in [2.75, 3.05) is 6.61 Å². The number of rotatable bonds is 4.